The van der Waals surface area contributed by atoms with E-state index in [0.29, 0.717) is 5.56 Å². The van der Waals surface area contributed by atoms with Gasteiger partial charge in [-0.1, -0.05) is 58.4 Å². The molecule has 0 fully saturated rings. The van der Waals surface area contributed by atoms with Gasteiger partial charge < -0.3 is 15.2 Å². The number of hydrogen-bond acceptors (Lipinski definition) is 3. The summed E-state index contributed by atoms with van der Waals surface area (Å²) in [5.41, 5.74) is 0.335. The Morgan fingerprint density at radius 1 is 1.12 bits per heavy atom. The van der Waals surface area contributed by atoms with Gasteiger partial charge in [0.25, 0.3) is 0 Å². The molecule has 1 amide bonds. The molecule has 0 bridgehead atoms. The van der Waals surface area contributed by atoms with Crippen LogP contribution in [0.15, 0.2) is 59.1 Å². The molecule has 5 nitrogen and oxygen atoms in total. The Labute approximate surface area is 155 Å². The molecule has 6 heteroatoms. The van der Waals surface area contributed by atoms with Gasteiger partial charge in [-0.25, -0.2) is 4.79 Å². The predicted octanol–water partition coefficient (Wildman–Crippen LogP) is 4.53. The number of nitrogens with one attached hydrogen (secondary N) is 1. The van der Waals surface area contributed by atoms with E-state index in [9.17, 15) is 14.7 Å². The molecule has 25 heavy (non-hydrogen) atoms. The highest BCUT2D eigenvalue weighted by Crippen LogP contribution is 2.34. The first-order chi connectivity index (χ1) is 11.8. The van der Waals surface area contributed by atoms with Gasteiger partial charge in [-0.15, -0.1) is 0 Å². The van der Waals surface area contributed by atoms with Gasteiger partial charge in [0, 0.05) is 4.47 Å². The first-order valence-corrected chi connectivity index (χ1v) is 8.56. The molecule has 0 aromatic heterocycles. The van der Waals surface area contributed by atoms with E-state index in [1.54, 1.807) is 38.1 Å². The van der Waals surface area contributed by atoms with Crippen molar-refractivity contribution in [1.82, 2.24) is 5.32 Å². The van der Waals surface area contributed by atoms with E-state index in [1.165, 1.54) is 0 Å². The normalized spacial score (nSPS) is 12.3. The maximum Gasteiger partial charge on any atom is 0.407 e. The number of aliphatic carboxylic acids is 1. The molecule has 0 aliphatic rings. The molecule has 0 unspecified atom stereocenters. The second-order valence-electron chi connectivity index (χ2n) is 6.22. The molecule has 1 atom stereocenters. The number of carbonyl (C=O) groups excluding carboxylic acids is 1. The predicted molar refractivity (Wildman–Crippen MR) is 98.1 cm³/mol. The molecule has 2 aromatic carbocycles. The minimum absolute atomic E-state index is 0.118. The van der Waals surface area contributed by atoms with Gasteiger partial charge in [-0.3, -0.25) is 4.79 Å². The third-order valence-electron chi connectivity index (χ3n) is 3.95. The lowest BCUT2D eigenvalue weighted by Gasteiger charge is -2.31. The Bertz CT molecular complexity index is 729. The summed E-state index contributed by atoms with van der Waals surface area (Å²) in [5.74, 6) is -1.01. The van der Waals surface area contributed by atoms with Crippen molar-refractivity contribution >= 4 is 28.0 Å². The quantitative estimate of drug-likeness (QED) is 0.739. The zero-order valence-electron chi connectivity index (χ0n) is 14.0. The highest BCUT2D eigenvalue weighted by atomic mass is 79.9. The molecule has 0 aliphatic carbocycles. The molecule has 0 spiro atoms. The Morgan fingerprint density at radius 3 is 2.28 bits per heavy atom. The average molecular weight is 406 g/mol. The van der Waals surface area contributed by atoms with Crippen LogP contribution in [0, 0.1) is 5.41 Å². The van der Waals surface area contributed by atoms with Gasteiger partial charge in [-0.05, 0) is 37.1 Å². The van der Waals surface area contributed by atoms with Crippen LogP contribution in [0.2, 0.25) is 0 Å². The topological polar surface area (TPSA) is 75.6 Å². The van der Waals surface area contributed by atoms with E-state index in [2.05, 4.69) is 21.2 Å². The van der Waals surface area contributed by atoms with Gasteiger partial charge in [-0.2, -0.15) is 0 Å². The molecule has 2 rings (SSSR count). The largest absolute Gasteiger partial charge is 0.481 e. The van der Waals surface area contributed by atoms with Gasteiger partial charge >= 0.3 is 12.1 Å². The van der Waals surface area contributed by atoms with Crippen molar-refractivity contribution in [3.8, 4) is 0 Å². The minimum atomic E-state index is -1.21. The maximum atomic E-state index is 12.2. The van der Waals surface area contributed by atoms with E-state index in [4.69, 9.17) is 4.74 Å². The van der Waals surface area contributed by atoms with Crippen molar-refractivity contribution in [3.63, 3.8) is 0 Å². The number of benzene rings is 2. The SMILES string of the molecule is CC(C)(C(=O)O)[C@@H](NC(=O)OCc1ccccc1)c1ccc(Br)cc1. The second kappa shape index (κ2) is 8.16. The van der Waals surface area contributed by atoms with E-state index >= 15 is 0 Å². The monoisotopic (exact) mass is 405 g/mol. The average Bonchev–Trinajstić information content (AvgIpc) is 2.59. The molecule has 2 N–H and O–H groups in total. The van der Waals surface area contributed by atoms with Crippen molar-refractivity contribution in [2.75, 3.05) is 0 Å². The van der Waals surface area contributed by atoms with Crippen molar-refractivity contribution in [1.29, 1.82) is 0 Å². The number of carboxylic acids is 1. The summed E-state index contributed by atoms with van der Waals surface area (Å²) < 4.78 is 6.10. The lowest BCUT2D eigenvalue weighted by atomic mass is 9.80. The van der Waals surface area contributed by atoms with Crippen LogP contribution < -0.4 is 5.32 Å². The molecule has 0 aliphatic heterocycles. The van der Waals surface area contributed by atoms with Crippen molar-refractivity contribution in [3.05, 3.63) is 70.2 Å². The van der Waals surface area contributed by atoms with Crippen LogP contribution in [0.3, 0.4) is 0 Å². The molecule has 132 valence electrons. The fourth-order valence-corrected chi connectivity index (χ4v) is 2.61. The van der Waals surface area contributed by atoms with E-state index in [0.717, 1.165) is 10.0 Å². The summed E-state index contributed by atoms with van der Waals surface area (Å²) in [6.07, 6.45) is -0.661. The molecule has 0 saturated carbocycles. The van der Waals surface area contributed by atoms with Crippen LogP contribution in [0.25, 0.3) is 0 Å². The zero-order chi connectivity index (χ0) is 18.4. The van der Waals surface area contributed by atoms with Crippen LogP contribution in [0.4, 0.5) is 4.79 Å². The van der Waals surface area contributed by atoms with Gasteiger partial charge in [0.2, 0.25) is 0 Å². The van der Waals surface area contributed by atoms with Crippen molar-refractivity contribution in [2.24, 2.45) is 5.41 Å². The number of halogens is 1. The van der Waals surface area contributed by atoms with Crippen LogP contribution in [0.1, 0.15) is 31.0 Å². The third kappa shape index (κ3) is 5.06. The number of hydrogen-bond donors (Lipinski definition) is 2. The number of alkyl carbamates (subject to hydrolysis) is 1. The number of carbonyl (C=O) groups is 2. The molecule has 2 aromatic rings. The molecular formula is C19H20BrNO4. The van der Waals surface area contributed by atoms with Gasteiger partial charge in [0.1, 0.15) is 6.61 Å². The number of amides is 1. The first kappa shape index (κ1) is 19.0. The number of rotatable bonds is 6. The summed E-state index contributed by atoms with van der Waals surface area (Å²) >= 11 is 3.35. The minimum Gasteiger partial charge on any atom is -0.481 e. The standard InChI is InChI=1S/C19H20BrNO4/c1-19(2,17(22)23)16(14-8-10-15(20)11-9-14)21-18(24)25-12-13-6-4-3-5-7-13/h3-11,16H,12H2,1-2H3,(H,21,24)(H,22,23)/t16-/m0/s1. The Kier molecular flexibility index (Phi) is 6.20. The van der Waals surface area contributed by atoms with E-state index in [-0.39, 0.29) is 6.61 Å². The highest BCUT2D eigenvalue weighted by Gasteiger charge is 2.39. The van der Waals surface area contributed by atoms with Gasteiger partial charge in [0.05, 0.1) is 11.5 Å². The summed E-state index contributed by atoms with van der Waals surface area (Å²) in [6.45, 7) is 3.26. The smallest absolute Gasteiger partial charge is 0.407 e. The van der Waals surface area contributed by atoms with E-state index in [1.807, 2.05) is 30.3 Å². The summed E-state index contributed by atoms with van der Waals surface area (Å²) in [4.78, 5) is 23.9. The molecule has 0 saturated heterocycles. The summed E-state index contributed by atoms with van der Waals surface area (Å²) in [5, 5.41) is 12.2. The number of carboxylic acid groups (broad SMARTS) is 1. The number of ether oxygens (including phenoxy) is 1. The lowest BCUT2D eigenvalue weighted by molar-refractivity contribution is -0.148. The first-order valence-electron chi connectivity index (χ1n) is 7.77. The van der Waals surface area contributed by atoms with Gasteiger partial charge in [0.15, 0.2) is 0 Å². The van der Waals surface area contributed by atoms with Crippen LogP contribution in [0.5, 0.6) is 0 Å². The highest BCUT2D eigenvalue weighted by molar-refractivity contribution is 9.10. The Morgan fingerprint density at radius 2 is 1.72 bits per heavy atom. The van der Waals surface area contributed by atoms with Crippen LogP contribution >= 0.6 is 15.9 Å². The fourth-order valence-electron chi connectivity index (χ4n) is 2.34. The zero-order valence-corrected chi connectivity index (χ0v) is 15.6. The summed E-state index contributed by atoms with van der Waals surface area (Å²) in [7, 11) is 0. The molecular weight excluding hydrogens is 386 g/mol. The van der Waals surface area contributed by atoms with Crippen LogP contribution in [-0.2, 0) is 16.1 Å². The third-order valence-corrected chi connectivity index (χ3v) is 4.48. The lowest BCUT2D eigenvalue weighted by Crippen LogP contribution is -2.42. The second-order valence-corrected chi connectivity index (χ2v) is 7.13. The molecule has 0 heterocycles. The Hall–Kier alpha value is -2.34. The van der Waals surface area contributed by atoms with E-state index < -0.39 is 23.5 Å². The molecule has 0 radical (unpaired) electrons. The van der Waals surface area contributed by atoms with Crippen molar-refractivity contribution in [2.45, 2.75) is 26.5 Å². The Balaban J connectivity index is 2.14. The van der Waals surface area contributed by atoms with Crippen LogP contribution in [-0.4, -0.2) is 17.2 Å². The summed E-state index contributed by atoms with van der Waals surface area (Å²) in [6, 6.07) is 15.7. The maximum absolute atomic E-state index is 12.2. The van der Waals surface area contributed by atoms with Crippen molar-refractivity contribution < 1.29 is 19.4 Å². The fraction of sp³-hybridized carbons (Fsp3) is 0.263.